The number of amides is 1. The molecule has 1 N–H and O–H groups in total. The Bertz CT molecular complexity index is 863. The fraction of sp³-hybridized carbons (Fsp3) is 0.176. The van der Waals surface area contributed by atoms with Crippen molar-refractivity contribution in [3.05, 3.63) is 64.9 Å². The number of aromatic nitrogens is 2. The van der Waals surface area contributed by atoms with E-state index in [1.807, 2.05) is 31.4 Å². The smallest absolute Gasteiger partial charge is 0.257 e. The molecular formula is C17H16FN3O2. The lowest BCUT2D eigenvalue weighted by atomic mass is 10.2. The summed E-state index contributed by atoms with van der Waals surface area (Å²) in [6.45, 7) is 5.55. The molecule has 6 heteroatoms. The first-order valence-electron chi connectivity index (χ1n) is 7.15. The van der Waals surface area contributed by atoms with E-state index in [1.165, 1.54) is 24.3 Å². The Hall–Kier alpha value is -2.89. The number of hydrogen-bond donors (Lipinski definition) is 1. The van der Waals surface area contributed by atoms with Gasteiger partial charge in [-0.1, -0.05) is 5.16 Å². The zero-order valence-electron chi connectivity index (χ0n) is 13.1. The van der Waals surface area contributed by atoms with Gasteiger partial charge < -0.3 is 9.84 Å². The van der Waals surface area contributed by atoms with E-state index < -0.39 is 0 Å². The van der Waals surface area contributed by atoms with Gasteiger partial charge in [-0.05, 0) is 51.1 Å². The van der Waals surface area contributed by atoms with Crippen LogP contribution in [0.4, 0.5) is 10.1 Å². The fourth-order valence-electron chi connectivity index (χ4n) is 2.54. The molecule has 0 unspecified atom stereocenters. The largest absolute Gasteiger partial charge is 0.360 e. The van der Waals surface area contributed by atoms with Crippen molar-refractivity contribution in [3.8, 4) is 5.82 Å². The van der Waals surface area contributed by atoms with E-state index in [1.54, 1.807) is 6.07 Å². The van der Waals surface area contributed by atoms with Crippen LogP contribution >= 0.6 is 0 Å². The van der Waals surface area contributed by atoms with E-state index in [0.717, 1.165) is 11.4 Å². The third-order valence-electron chi connectivity index (χ3n) is 3.62. The number of hydrogen-bond acceptors (Lipinski definition) is 3. The first-order valence-corrected chi connectivity index (χ1v) is 7.15. The number of aryl methyl sites for hydroxylation is 2. The van der Waals surface area contributed by atoms with E-state index in [4.69, 9.17) is 4.52 Å². The predicted octanol–water partition coefficient (Wildman–Crippen LogP) is 3.78. The normalized spacial score (nSPS) is 10.8. The molecule has 0 aliphatic carbocycles. The van der Waals surface area contributed by atoms with Gasteiger partial charge in [0.25, 0.3) is 5.91 Å². The minimum Gasteiger partial charge on any atom is -0.360 e. The molecule has 2 aromatic heterocycles. The minimum absolute atomic E-state index is 0.254. The van der Waals surface area contributed by atoms with Crippen LogP contribution in [0.25, 0.3) is 5.82 Å². The van der Waals surface area contributed by atoms with Crippen molar-refractivity contribution in [3.63, 3.8) is 0 Å². The molecule has 0 atom stereocenters. The molecule has 0 radical (unpaired) electrons. The Labute approximate surface area is 132 Å². The standard InChI is InChI=1S/C17H16FN3O2/c1-10-8-15(12(3)21(10)16-9-11(2)23-20-16)17(22)19-14-6-4-13(18)5-7-14/h4-9H,1-3H3,(H,19,22). The summed E-state index contributed by atoms with van der Waals surface area (Å²) in [4.78, 5) is 12.5. The highest BCUT2D eigenvalue weighted by Gasteiger charge is 2.18. The van der Waals surface area contributed by atoms with E-state index in [2.05, 4.69) is 10.5 Å². The molecule has 23 heavy (non-hydrogen) atoms. The third kappa shape index (κ3) is 2.88. The molecule has 0 aliphatic rings. The molecule has 1 aromatic carbocycles. The van der Waals surface area contributed by atoms with Crippen molar-refractivity contribution >= 4 is 11.6 Å². The van der Waals surface area contributed by atoms with Crippen LogP contribution < -0.4 is 5.32 Å². The summed E-state index contributed by atoms with van der Waals surface area (Å²) in [5.74, 6) is 0.738. The van der Waals surface area contributed by atoms with Gasteiger partial charge in [-0.3, -0.25) is 9.36 Å². The van der Waals surface area contributed by atoms with Crippen LogP contribution in [0.15, 0.2) is 40.9 Å². The SMILES string of the molecule is Cc1cc(-n2c(C)cc(C(=O)Nc3ccc(F)cc3)c2C)no1. The summed E-state index contributed by atoms with van der Waals surface area (Å²) in [6, 6.07) is 9.24. The molecular weight excluding hydrogens is 297 g/mol. The van der Waals surface area contributed by atoms with Crippen molar-refractivity contribution in [1.29, 1.82) is 0 Å². The van der Waals surface area contributed by atoms with Gasteiger partial charge in [0.2, 0.25) is 0 Å². The first kappa shape index (κ1) is 15.0. The Morgan fingerprint density at radius 3 is 2.48 bits per heavy atom. The summed E-state index contributed by atoms with van der Waals surface area (Å²) in [7, 11) is 0. The van der Waals surface area contributed by atoms with Crippen LogP contribution in [-0.2, 0) is 0 Å². The van der Waals surface area contributed by atoms with Gasteiger partial charge in [-0.2, -0.15) is 0 Å². The summed E-state index contributed by atoms with van der Waals surface area (Å²) in [5.41, 5.74) is 2.71. The summed E-state index contributed by atoms with van der Waals surface area (Å²) in [5, 5.41) is 6.75. The number of nitrogens with one attached hydrogen (secondary N) is 1. The highest BCUT2D eigenvalue weighted by Crippen LogP contribution is 2.21. The summed E-state index contributed by atoms with van der Waals surface area (Å²) >= 11 is 0. The average Bonchev–Trinajstić information content (AvgIpc) is 3.05. The molecule has 0 aliphatic heterocycles. The lowest BCUT2D eigenvalue weighted by Crippen LogP contribution is -2.13. The number of halogens is 1. The Morgan fingerprint density at radius 1 is 1.17 bits per heavy atom. The number of benzene rings is 1. The molecule has 1 amide bonds. The fourth-order valence-corrected chi connectivity index (χ4v) is 2.54. The van der Waals surface area contributed by atoms with E-state index >= 15 is 0 Å². The van der Waals surface area contributed by atoms with Crippen molar-refractivity contribution < 1.29 is 13.7 Å². The monoisotopic (exact) mass is 313 g/mol. The van der Waals surface area contributed by atoms with Gasteiger partial charge in [0.15, 0.2) is 5.82 Å². The Balaban J connectivity index is 1.91. The van der Waals surface area contributed by atoms with Gasteiger partial charge in [0.05, 0.1) is 5.56 Å². The van der Waals surface area contributed by atoms with Gasteiger partial charge in [-0.15, -0.1) is 0 Å². The quantitative estimate of drug-likeness (QED) is 0.800. The van der Waals surface area contributed by atoms with Gasteiger partial charge in [0.1, 0.15) is 11.6 Å². The highest BCUT2D eigenvalue weighted by molar-refractivity contribution is 6.05. The van der Waals surface area contributed by atoms with Crippen LogP contribution in [0.5, 0.6) is 0 Å². The first-order chi connectivity index (χ1) is 11.0. The molecule has 3 aromatic rings. The number of nitrogens with zero attached hydrogens (tertiary/aromatic N) is 2. The topological polar surface area (TPSA) is 60.1 Å². The number of carbonyl (C=O) groups excluding carboxylic acids is 1. The molecule has 3 rings (SSSR count). The average molecular weight is 313 g/mol. The number of carbonyl (C=O) groups is 1. The molecule has 118 valence electrons. The van der Waals surface area contributed by atoms with Crippen molar-refractivity contribution in [2.24, 2.45) is 0 Å². The minimum atomic E-state index is -0.345. The van der Waals surface area contributed by atoms with Gasteiger partial charge >= 0.3 is 0 Å². The van der Waals surface area contributed by atoms with Crippen LogP contribution in [0.2, 0.25) is 0 Å². The van der Waals surface area contributed by atoms with Crippen molar-refractivity contribution in [1.82, 2.24) is 9.72 Å². The Kier molecular flexibility index (Phi) is 3.73. The summed E-state index contributed by atoms with van der Waals surface area (Å²) in [6.07, 6.45) is 0. The molecule has 5 nitrogen and oxygen atoms in total. The van der Waals surface area contributed by atoms with E-state index in [-0.39, 0.29) is 11.7 Å². The Morgan fingerprint density at radius 2 is 1.87 bits per heavy atom. The summed E-state index contributed by atoms with van der Waals surface area (Å²) < 4.78 is 19.9. The lowest BCUT2D eigenvalue weighted by molar-refractivity contribution is 0.102. The molecule has 0 saturated carbocycles. The predicted molar refractivity (Wildman–Crippen MR) is 84.4 cm³/mol. The number of rotatable bonds is 3. The molecule has 0 bridgehead atoms. The van der Waals surface area contributed by atoms with Crippen molar-refractivity contribution in [2.45, 2.75) is 20.8 Å². The van der Waals surface area contributed by atoms with Gasteiger partial charge in [-0.25, -0.2) is 4.39 Å². The number of anilines is 1. The van der Waals surface area contributed by atoms with Crippen LogP contribution in [-0.4, -0.2) is 15.6 Å². The second-order valence-electron chi connectivity index (χ2n) is 5.38. The highest BCUT2D eigenvalue weighted by atomic mass is 19.1. The maximum Gasteiger partial charge on any atom is 0.257 e. The van der Waals surface area contributed by atoms with Crippen LogP contribution in [0.1, 0.15) is 27.5 Å². The van der Waals surface area contributed by atoms with E-state index in [9.17, 15) is 9.18 Å². The van der Waals surface area contributed by atoms with Crippen molar-refractivity contribution in [2.75, 3.05) is 5.32 Å². The lowest BCUT2D eigenvalue weighted by Gasteiger charge is -2.06. The molecule has 2 heterocycles. The second-order valence-corrected chi connectivity index (χ2v) is 5.38. The van der Waals surface area contributed by atoms with E-state index in [0.29, 0.717) is 22.8 Å². The maximum atomic E-state index is 12.9. The van der Waals surface area contributed by atoms with Crippen LogP contribution in [0.3, 0.4) is 0 Å². The van der Waals surface area contributed by atoms with Crippen LogP contribution in [0, 0.1) is 26.6 Å². The zero-order chi connectivity index (χ0) is 16.6. The zero-order valence-corrected chi connectivity index (χ0v) is 13.1. The second kappa shape index (κ2) is 5.72. The van der Waals surface area contributed by atoms with Gasteiger partial charge in [0, 0.05) is 23.1 Å². The third-order valence-corrected chi connectivity index (χ3v) is 3.62. The molecule has 0 saturated heterocycles. The molecule has 0 spiro atoms. The maximum absolute atomic E-state index is 12.9. The molecule has 0 fully saturated rings.